The van der Waals surface area contributed by atoms with Crippen molar-refractivity contribution in [2.45, 2.75) is 19.8 Å². The fourth-order valence-corrected chi connectivity index (χ4v) is 3.88. The van der Waals surface area contributed by atoms with Gasteiger partial charge >= 0.3 is 0 Å². The van der Waals surface area contributed by atoms with Crippen molar-refractivity contribution in [1.29, 1.82) is 0 Å². The highest BCUT2D eigenvalue weighted by Gasteiger charge is 2.12. The molecule has 0 saturated heterocycles. The molecule has 0 amide bonds. The second kappa shape index (κ2) is 5.71. The van der Waals surface area contributed by atoms with Crippen molar-refractivity contribution in [3.05, 3.63) is 57.7 Å². The van der Waals surface area contributed by atoms with Gasteiger partial charge in [0.1, 0.15) is 0 Å². The number of aromatic amines is 1. The van der Waals surface area contributed by atoms with Crippen LogP contribution < -0.4 is 5.32 Å². The summed E-state index contributed by atoms with van der Waals surface area (Å²) in [6.45, 7) is 4.09. The van der Waals surface area contributed by atoms with E-state index in [1.54, 1.807) is 11.3 Å². The number of fused-ring (bicyclic) bond motifs is 1. The van der Waals surface area contributed by atoms with Gasteiger partial charge in [-0.25, -0.2) is 4.98 Å². The molecule has 4 heteroatoms. The quantitative estimate of drug-likeness (QED) is 0.770. The first-order valence-corrected chi connectivity index (χ1v) is 8.59. The van der Waals surface area contributed by atoms with Crippen molar-refractivity contribution in [3.63, 3.8) is 0 Å². The highest BCUT2D eigenvalue weighted by Crippen LogP contribution is 2.29. The van der Waals surface area contributed by atoms with E-state index in [0.717, 1.165) is 31.6 Å². The normalized spacial score (nSPS) is 15.2. The minimum Gasteiger partial charge on any atom is -0.361 e. The van der Waals surface area contributed by atoms with Gasteiger partial charge in [-0.05, 0) is 43.2 Å². The molecule has 0 radical (unpaired) electrons. The Balaban J connectivity index is 1.71. The van der Waals surface area contributed by atoms with Crippen LogP contribution in [-0.4, -0.2) is 23.1 Å². The van der Waals surface area contributed by atoms with Gasteiger partial charge in [-0.1, -0.05) is 12.1 Å². The van der Waals surface area contributed by atoms with E-state index in [-0.39, 0.29) is 0 Å². The van der Waals surface area contributed by atoms with Crippen molar-refractivity contribution >= 4 is 27.8 Å². The molecule has 1 aliphatic rings. The first-order valence-electron chi connectivity index (χ1n) is 7.71. The molecule has 3 aromatic rings. The van der Waals surface area contributed by atoms with Crippen LogP contribution in [0.4, 0.5) is 0 Å². The number of hydrogen-bond donors (Lipinski definition) is 2. The van der Waals surface area contributed by atoms with Gasteiger partial charge < -0.3 is 10.3 Å². The fraction of sp³-hybridized carbons (Fsp3) is 0.278. The Kier molecular flexibility index (Phi) is 3.56. The molecule has 0 spiro atoms. The summed E-state index contributed by atoms with van der Waals surface area (Å²) in [5.74, 6) is 0. The number of aromatic nitrogens is 2. The number of nitrogens with zero attached hydrogens (tertiary/aromatic N) is 1. The number of aryl methyl sites for hydroxylation is 1. The van der Waals surface area contributed by atoms with E-state index in [9.17, 15) is 0 Å². The Labute approximate surface area is 134 Å². The lowest BCUT2D eigenvalue weighted by Crippen LogP contribution is -2.19. The average Bonchev–Trinajstić information content (AvgIpc) is 3.14. The van der Waals surface area contributed by atoms with E-state index in [1.165, 1.54) is 32.6 Å². The number of hydrogen-bond acceptors (Lipinski definition) is 3. The van der Waals surface area contributed by atoms with E-state index in [2.05, 4.69) is 58.1 Å². The highest BCUT2D eigenvalue weighted by molar-refractivity contribution is 7.09. The van der Waals surface area contributed by atoms with Crippen LogP contribution in [0.3, 0.4) is 0 Å². The molecule has 0 saturated carbocycles. The Morgan fingerprint density at radius 1 is 1.32 bits per heavy atom. The lowest BCUT2D eigenvalue weighted by atomic mass is 9.98. The molecule has 1 aromatic carbocycles. The minimum atomic E-state index is 0.916. The number of H-pyrrole nitrogens is 1. The van der Waals surface area contributed by atoms with Crippen molar-refractivity contribution in [3.8, 4) is 0 Å². The van der Waals surface area contributed by atoms with Crippen LogP contribution in [0.5, 0.6) is 0 Å². The van der Waals surface area contributed by atoms with Gasteiger partial charge in [0.05, 0.1) is 5.01 Å². The predicted molar refractivity (Wildman–Crippen MR) is 93.4 cm³/mol. The summed E-state index contributed by atoms with van der Waals surface area (Å²) in [7, 11) is 0. The summed E-state index contributed by atoms with van der Waals surface area (Å²) in [5, 5.41) is 8.02. The lowest BCUT2D eigenvalue weighted by molar-refractivity contribution is 0.739. The molecular weight excluding hydrogens is 290 g/mol. The SMILES string of the molecule is Cc1csc(Cc2ccc3[nH]cc(C4=CCNCC4)c3c2)n1. The smallest absolute Gasteiger partial charge is 0.0972 e. The van der Waals surface area contributed by atoms with Crippen molar-refractivity contribution in [2.75, 3.05) is 13.1 Å². The van der Waals surface area contributed by atoms with Gasteiger partial charge in [0.25, 0.3) is 0 Å². The molecule has 0 fully saturated rings. The maximum absolute atomic E-state index is 4.58. The zero-order valence-corrected chi connectivity index (χ0v) is 13.5. The Hall–Kier alpha value is -1.91. The molecular formula is C18H19N3S. The summed E-state index contributed by atoms with van der Waals surface area (Å²) < 4.78 is 0. The van der Waals surface area contributed by atoms with Crippen LogP contribution in [0.25, 0.3) is 16.5 Å². The molecule has 2 aromatic heterocycles. The van der Waals surface area contributed by atoms with Crippen molar-refractivity contribution in [1.82, 2.24) is 15.3 Å². The maximum Gasteiger partial charge on any atom is 0.0972 e. The van der Waals surface area contributed by atoms with Gasteiger partial charge in [-0.2, -0.15) is 0 Å². The first-order chi connectivity index (χ1) is 10.8. The van der Waals surface area contributed by atoms with E-state index in [1.807, 2.05) is 0 Å². The Bertz CT molecular complexity index is 841. The maximum atomic E-state index is 4.58. The zero-order chi connectivity index (χ0) is 14.9. The Morgan fingerprint density at radius 3 is 3.05 bits per heavy atom. The van der Waals surface area contributed by atoms with Crippen LogP contribution >= 0.6 is 11.3 Å². The molecule has 0 atom stereocenters. The summed E-state index contributed by atoms with van der Waals surface area (Å²) >= 11 is 1.75. The highest BCUT2D eigenvalue weighted by atomic mass is 32.1. The molecule has 4 rings (SSSR count). The predicted octanol–water partition coefficient (Wildman–Crippen LogP) is 3.90. The summed E-state index contributed by atoms with van der Waals surface area (Å²) in [4.78, 5) is 7.98. The molecule has 3 heterocycles. The standard InChI is InChI=1S/C18H19N3S/c1-12-11-22-18(21-12)9-13-2-3-17-15(8-13)16(10-20-17)14-4-6-19-7-5-14/h2-4,8,10-11,19-20H,5-7,9H2,1H3. The van der Waals surface area contributed by atoms with Crippen molar-refractivity contribution < 1.29 is 0 Å². The third kappa shape index (κ3) is 2.60. The van der Waals surface area contributed by atoms with Crippen LogP contribution in [0, 0.1) is 6.92 Å². The van der Waals surface area contributed by atoms with E-state index < -0.39 is 0 Å². The number of benzene rings is 1. The van der Waals surface area contributed by atoms with Crippen LogP contribution in [0.1, 0.15) is 28.2 Å². The zero-order valence-electron chi connectivity index (χ0n) is 12.6. The summed E-state index contributed by atoms with van der Waals surface area (Å²) in [6.07, 6.45) is 6.48. The molecule has 3 nitrogen and oxygen atoms in total. The third-order valence-corrected chi connectivity index (χ3v) is 5.14. The molecule has 112 valence electrons. The van der Waals surface area contributed by atoms with Crippen LogP contribution in [0.2, 0.25) is 0 Å². The van der Waals surface area contributed by atoms with E-state index in [4.69, 9.17) is 0 Å². The summed E-state index contributed by atoms with van der Waals surface area (Å²) in [6, 6.07) is 6.72. The minimum absolute atomic E-state index is 0.916. The van der Waals surface area contributed by atoms with Gasteiger partial charge in [0.15, 0.2) is 0 Å². The molecule has 1 aliphatic heterocycles. The topological polar surface area (TPSA) is 40.7 Å². The van der Waals surface area contributed by atoms with Gasteiger partial charge in [0.2, 0.25) is 0 Å². The monoisotopic (exact) mass is 309 g/mol. The van der Waals surface area contributed by atoms with Crippen LogP contribution in [-0.2, 0) is 6.42 Å². The van der Waals surface area contributed by atoms with Gasteiger partial charge in [-0.15, -0.1) is 11.3 Å². The number of nitrogens with one attached hydrogen (secondary N) is 2. The number of rotatable bonds is 3. The van der Waals surface area contributed by atoms with Gasteiger partial charge in [-0.3, -0.25) is 0 Å². The number of thiazole rings is 1. The fourth-order valence-electron chi connectivity index (χ4n) is 3.07. The first kappa shape index (κ1) is 13.7. The Morgan fingerprint density at radius 2 is 2.27 bits per heavy atom. The molecule has 22 heavy (non-hydrogen) atoms. The van der Waals surface area contributed by atoms with E-state index >= 15 is 0 Å². The molecule has 0 aliphatic carbocycles. The largest absolute Gasteiger partial charge is 0.361 e. The molecule has 0 bridgehead atoms. The lowest BCUT2D eigenvalue weighted by Gasteiger charge is -2.13. The van der Waals surface area contributed by atoms with Crippen LogP contribution in [0.15, 0.2) is 35.9 Å². The van der Waals surface area contributed by atoms with Gasteiger partial charge in [0, 0.05) is 46.7 Å². The second-order valence-corrected chi connectivity index (χ2v) is 6.77. The average molecular weight is 309 g/mol. The molecule has 2 N–H and O–H groups in total. The third-order valence-electron chi connectivity index (χ3n) is 4.18. The summed E-state index contributed by atoms with van der Waals surface area (Å²) in [5.41, 5.74) is 6.47. The van der Waals surface area contributed by atoms with Crippen molar-refractivity contribution in [2.24, 2.45) is 0 Å². The van der Waals surface area contributed by atoms with E-state index in [0.29, 0.717) is 0 Å². The molecule has 0 unspecified atom stereocenters. The second-order valence-electron chi connectivity index (χ2n) is 5.83.